The van der Waals surface area contributed by atoms with E-state index >= 15 is 0 Å². The highest BCUT2D eigenvalue weighted by atomic mass is 32.2. The molecule has 0 saturated heterocycles. The van der Waals surface area contributed by atoms with Crippen LogP contribution in [0.2, 0.25) is 0 Å². The molecule has 0 N–H and O–H groups in total. The Kier molecular flexibility index (Phi) is 6.00. The van der Waals surface area contributed by atoms with Crippen LogP contribution in [0.4, 0.5) is 0 Å². The van der Waals surface area contributed by atoms with Gasteiger partial charge in [0.05, 0.1) is 7.11 Å². The van der Waals surface area contributed by atoms with Crippen molar-refractivity contribution >= 4 is 22.5 Å². The molecule has 0 aliphatic carbocycles. The third kappa shape index (κ3) is 4.38. The molecule has 6 heteroatoms. The summed E-state index contributed by atoms with van der Waals surface area (Å²) in [5, 5.41) is 12.2. The first-order valence-corrected chi connectivity index (χ1v) is 10.6. The zero-order valence-electron chi connectivity index (χ0n) is 16.5. The minimum atomic E-state index is 0.377. The van der Waals surface area contributed by atoms with Gasteiger partial charge in [0.1, 0.15) is 18.1 Å². The minimum absolute atomic E-state index is 0.377. The molecule has 148 valence electrons. The largest absolute Gasteiger partial charge is 0.497 e. The van der Waals surface area contributed by atoms with E-state index in [-0.39, 0.29) is 0 Å². The molecule has 0 atom stereocenters. The van der Waals surface area contributed by atoms with Gasteiger partial charge in [-0.2, -0.15) is 0 Å². The Balaban J connectivity index is 1.45. The van der Waals surface area contributed by atoms with E-state index in [2.05, 4.69) is 64.2 Å². The van der Waals surface area contributed by atoms with Crippen LogP contribution in [0.5, 0.6) is 11.5 Å². The van der Waals surface area contributed by atoms with Gasteiger partial charge < -0.3 is 14.0 Å². The van der Waals surface area contributed by atoms with E-state index in [9.17, 15) is 0 Å². The van der Waals surface area contributed by atoms with E-state index in [0.717, 1.165) is 34.8 Å². The zero-order chi connectivity index (χ0) is 20.1. The summed E-state index contributed by atoms with van der Waals surface area (Å²) in [5.41, 5.74) is 1.30. The van der Waals surface area contributed by atoms with Gasteiger partial charge in [-0.15, -0.1) is 10.2 Å². The van der Waals surface area contributed by atoms with Gasteiger partial charge in [-0.25, -0.2) is 0 Å². The number of fused-ring (bicyclic) bond motifs is 1. The Morgan fingerprint density at radius 1 is 0.897 bits per heavy atom. The van der Waals surface area contributed by atoms with Crippen molar-refractivity contribution in [2.24, 2.45) is 0 Å². The number of ether oxygens (including phenoxy) is 2. The Hall–Kier alpha value is -2.99. The summed E-state index contributed by atoms with van der Waals surface area (Å²) in [5.74, 6) is 3.25. The van der Waals surface area contributed by atoms with Crippen LogP contribution in [0, 0.1) is 0 Å². The Morgan fingerprint density at radius 3 is 2.45 bits per heavy atom. The summed E-state index contributed by atoms with van der Waals surface area (Å²) >= 11 is 1.70. The molecule has 0 aliphatic heterocycles. The zero-order valence-corrected chi connectivity index (χ0v) is 17.4. The van der Waals surface area contributed by atoms with E-state index in [1.807, 2.05) is 24.3 Å². The lowest BCUT2D eigenvalue weighted by Gasteiger charge is -2.10. The first-order chi connectivity index (χ1) is 14.3. The molecule has 0 aliphatic rings. The first kappa shape index (κ1) is 19.3. The lowest BCUT2D eigenvalue weighted by molar-refractivity contribution is 0.287. The van der Waals surface area contributed by atoms with Gasteiger partial charge in [0.2, 0.25) is 0 Å². The fraction of sp³-hybridized carbons (Fsp3) is 0.217. The highest BCUT2D eigenvalue weighted by molar-refractivity contribution is 7.98. The minimum Gasteiger partial charge on any atom is -0.497 e. The Bertz CT molecular complexity index is 1090. The van der Waals surface area contributed by atoms with Crippen molar-refractivity contribution in [2.45, 2.75) is 31.0 Å². The summed E-state index contributed by atoms with van der Waals surface area (Å²) in [4.78, 5) is 0. The van der Waals surface area contributed by atoms with Crippen LogP contribution in [-0.4, -0.2) is 21.9 Å². The van der Waals surface area contributed by atoms with Gasteiger partial charge >= 0.3 is 0 Å². The van der Waals surface area contributed by atoms with Crippen LogP contribution in [0.3, 0.4) is 0 Å². The monoisotopic (exact) mass is 405 g/mol. The van der Waals surface area contributed by atoms with E-state index < -0.39 is 0 Å². The second-order valence-corrected chi connectivity index (χ2v) is 7.48. The fourth-order valence-electron chi connectivity index (χ4n) is 3.23. The average molecular weight is 406 g/mol. The SMILES string of the molecule is CCn1c(COc2ccc(OC)cc2)nnc1SCc1cccc2ccccc12. The van der Waals surface area contributed by atoms with Gasteiger partial charge in [0.15, 0.2) is 11.0 Å². The van der Waals surface area contributed by atoms with Gasteiger partial charge in [0, 0.05) is 12.3 Å². The number of rotatable bonds is 8. The highest BCUT2D eigenvalue weighted by Gasteiger charge is 2.13. The number of aromatic nitrogens is 3. The summed E-state index contributed by atoms with van der Waals surface area (Å²) in [7, 11) is 1.65. The van der Waals surface area contributed by atoms with Crippen molar-refractivity contribution in [3.05, 3.63) is 78.1 Å². The van der Waals surface area contributed by atoms with Gasteiger partial charge in [-0.05, 0) is 47.5 Å². The van der Waals surface area contributed by atoms with E-state index in [4.69, 9.17) is 9.47 Å². The van der Waals surface area contributed by atoms with Gasteiger partial charge in [-0.3, -0.25) is 0 Å². The Morgan fingerprint density at radius 2 is 1.66 bits per heavy atom. The molecule has 3 aromatic carbocycles. The highest BCUT2D eigenvalue weighted by Crippen LogP contribution is 2.27. The molecule has 0 amide bonds. The molecular formula is C23H23N3O2S. The molecule has 4 rings (SSSR count). The second-order valence-electron chi connectivity index (χ2n) is 6.53. The summed E-state index contributed by atoms with van der Waals surface area (Å²) in [6.45, 7) is 3.27. The van der Waals surface area contributed by atoms with Crippen molar-refractivity contribution in [3.63, 3.8) is 0 Å². The maximum atomic E-state index is 5.88. The van der Waals surface area contributed by atoms with Crippen molar-refractivity contribution in [1.82, 2.24) is 14.8 Å². The number of thioether (sulfide) groups is 1. The van der Waals surface area contributed by atoms with Gasteiger partial charge in [0.25, 0.3) is 0 Å². The average Bonchev–Trinajstić information content (AvgIpc) is 3.18. The summed E-state index contributed by atoms with van der Waals surface area (Å²) < 4.78 is 13.2. The number of methoxy groups -OCH3 is 1. The van der Waals surface area contributed by atoms with Crippen LogP contribution in [0.25, 0.3) is 10.8 Å². The van der Waals surface area contributed by atoms with E-state index in [1.165, 1.54) is 16.3 Å². The molecule has 4 aromatic rings. The van der Waals surface area contributed by atoms with Crippen molar-refractivity contribution < 1.29 is 9.47 Å². The summed E-state index contributed by atoms with van der Waals surface area (Å²) in [6.07, 6.45) is 0. The molecule has 0 radical (unpaired) electrons. The smallest absolute Gasteiger partial charge is 0.191 e. The molecule has 0 unspecified atom stereocenters. The van der Waals surface area contributed by atoms with E-state index in [0.29, 0.717) is 6.61 Å². The standard InChI is InChI=1S/C23H23N3O2S/c1-3-26-22(15-28-20-13-11-19(27-2)12-14-20)24-25-23(26)29-16-18-9-6-8-17-7-4-5-10-21(17)18/h4-14H,3,15-16H2,1-2H3. The van der Waals surface area contributed by atoms with Crippen molar-refractivity contribution in [1.29, 1.82) is 0 Å². The molecule has 0 fully saturated rings. The maximum Gasteiger partial charge on any atom is 0.191 e. The number of nitrogens with zero attached hydrogens (tertiary/aromatic N) is 3. The molecule has 0 bridgehead atoms. The van der Waals surface area contributed by atoms with Gasteiger partial charge in [-0.1, -0.05) is 54.2 Å². The quantitative estimate of drug-likeness (QED) is 0.371. The maximum absolute atomic E-state index is 5.88. The van der Waals surface area contributed by atoms with Crippen LogP contribution in [0.15, 0.2) is 71.9 Å². The van der Waals surface area contributed by atoms with Crippen LogP contribution >= 0.6 is 11.8 Å². The third-order valence-corrected chi connectivity index (χ3v) is 5.79. The van der Waals surface area contributed by atoms with Crippen molar-refractivity contribution in [2.75, 3.05) is 7.11 Å². The second kappa shape index (κ2) is 9.01. The molecule has 1 aromatic heterocycles. The Labute approximate surface area is 174 Å². The van der Waals surface area contributed by atoms with Crippen molar-refractivity contribution in [3.8, 4) is 11.5 Å². The van der Waals surface area contributed by atoms with Crippen LogP contribution in [0.1, 0.15) is 18.3 Å². The number of benzene rings is 3. The topological polar surface area (TPSA) is 49.2 Å². The molecule has 5 nitrogen and oxygen atoms in total. The molecule has 29 heavy (non-hydrogen) atoms. The molecule has 1 heterocycles. The lowest BCUT2D eigenvalue weighted by atomic mass is 10.1. The van der Waals surface area contributed by atoms with Crippen LogP contribution < -0.4 is 9.47 Å². The molecule has 0 saturated carbocycles. The van der Waals surface area contributed by atoms with E-state index in [1.54, 1.807) is 18.9 Å². The summed E-state index contributed by atoms with van der Waals surface area (Å²) in [6, 6.07) is 22.4. The first-order valence-electron chi connectivity index (χ1n) is 9.57. The third-order valence-electron chi connectivity index (χ3n) is 4.77. The number of hydrogen-bond acceptors (Lipinski definition) is 5. The normalized spacial score (nSPS) is 11.0. The predicted molar refractivity (Wildman–Crippen MR) is 117 cm³/mol. The van der Waals surface area contributed by atoms with Crippen LogP contribution in [-0.2, 0) is 18.9 Å². The molecule has 0 spiro atoms. The number of hydrogen-bond donors (Lipinski definition) is 0. The fourth-order valence-corrected chi connectivity index (χ4v) is 4.26. The lowest BCUT2D eigenvalue weighted by Crippen LogP contribution is -2.07. The molecular weight excluding hydrogens is 382 g/mol. The predicted octanol–water partition coefficient (Wildman–Crippen LogP) is 5.33.